The average molecular weight is 198 g/mol. The third-order valence-electron chi connectivity index (χ3n) is 1.95. The lowest BCUT2D eigenvalue weighted by Crippen LogP contribution is -2.32. The van der Waals surface area contributed by atoms with Crippen LogP contribution in [0, 0.1) is 5.92 Å². The molecule has 1 fully saturated rings. The number of aliphatic carboxylic acids is 1. The molecule has 0 radical (unpaired) electrons. The SMILES string of the molecule is N[C@H]1C[C@@H](C(=O)O)CC1(Cl)Cl. The summed E-state index contributed by atoms with van der Waals surface area (Å²) in [6, 6.07) is -0.424. The third-order valence-corrected chi connectivity index (χ3v) is 2.82. The summed E-state index contributed by atoms with van der Waals surface area (Å²) in [5.74, 6) is -1.36. The molecule has 1 aliphatic carbocycles. The second kappa shape index (κ2) is 2.81. The van der Waals surface area contributed by atoms with E-state index in [1.54, 1.807) is 0 Å². The molecule has 1 rings (SSSR count). The fourth-order valence-electron chi connectivity index (χ4n) is 1.23. The zero-order chi connectivity index (χ0) is 8.65. The summed E-state index contributed by atoms with van der Waals surface area (Å²) in [5.41, 5.74) is 5.51. The van der Waals surface area contributed by atoms with E-state index < -0.39 is 22.3 Å². The summed E-state index contributed by atoms with van der Waals surface area (Å²) in [5, 5.41) is 8.59. The number of nitrogens with two attached hydrogens (primary N) is 1. The fourth-order valence-corrected chi connectivity index (χ4v) is 1.78. The lowest BCUT2D eigenvalue weighted by atomic mass is 10.1. The zero-order valence-electron chi connectivity index (χ0n) is 5.76. The van der Waals surface area contributed by atoms with Gasteiger partial charge in [0.25, 0.3) is 0 Å². The van der Waals surface area contributed by atoms with Crippen molar-refractivity contribution in [3.8, 4) is 0 Å². The van der Waals surface area contributed by atoms with Crippen LogP contribution in [0.4, 0.5) is 0 Å². The Bertz CT molecular complexity index is 183. The highest BCUT2D eigenvalue weighted by molar-refractivity contribution is 6.49. The van der Waals surface area contributed by atoms with Crippen LogP contribution in [0.2, 0.25) is 0 Å². The monoisotopic (exact) mass is 197 g/mol. The van der Waals surface area contributed by atoms with Crippen molar-refractivity contribution >= 4 is 29.2 Å². The van der Waals surface area contributed by atoms with E-state index in [0.29, 0.717) is 6.42 Å². The first-order valence-electron chi connectivity index (χ1n) is 3.29. The molecule has 64 valence electrons. The smallest absolute Gasteiger partial charge is 0.306 e. The van der Waals surface area contributed by atoms with Crippen LogP contribution in [0.25, 0.3) is 0 Å². The molecule has 0 aromatic carbocycles. The highest BCUT2D eigenvalue weighted by Crippen LogP contribution is 2.42. The van der Waals surface area contributed by atoms with Gasteiger partial charge in [0.2, 0.25) is 0 Å². The number of carbonyl (C=O) groups is 1. The summed E-state index contributed by atoms with van der Waals surface area (Å²) in [6.07, 6.45) is 0.606. The van der Waals surface area contributed by atoms with E-state index in [1.807, 2.05) is 0 Å². The topological polar surface area (TPSA) is 63.3 Å². The molecule has 1 saturated carbocycles. The quantitative estimate of drug-likeness (QED) is 0.617. The molecule has 0 heterocycles. The molecule has 3 nitrogen and oxygen atoms in total. The minimum Gasteiger partial charge on any atom is -0.481 e. The van der Waals surface area contributed by atoms with Crippen LogP contribution < -0.4 is 5.73 Å². The number of carboxylic acids is 1. The highest BCUT2D eigenvalue weighted by Gasteiger charge is 2.45. The molecule has 0 aliphatic heterocycles. The van der Waals surface area contributed by atoms with Gasteiger partial charge in [-0.15, -0.1) is 0 Å². The van der Waals surface area contributed by atoms with E-state index in [-0.39, 0.29) is 6.42 Å². The lowest BCUT2D eigenvalue weighted by Gasteiger charge is -2.16. The Labute approximate surface area is 74.5 Å². The van der Waals surface area contributed by atoms with Crippen molar-refractivity contribution < 1.29 is 9.90 Å². The molecule has 2 atom stereocenters. The molecular formula is C6H9Cl2NO2. The van der Waals surface area contributed by atoms with Crippen LogP contribution >= 0.6 is 23.2 Å². The third kappa shape index (κ3) is 1.78. The Morgan fingerprint density at radius 2 is 2.18 bits per heavy atom. The molecule has 5 heteroatoms. The average Bonchev–Trinajstić information content (AvgIpc) is 2.08. The number of hydrogen-bond donors (Lipinski definition) is 2. The van der Waals surface area contributed by atoms with Crippen molar-refractivity contribution in [2.75, 3.05) is 0 Å². The molecule has 0 aromatic rings. The van der Waals surface area contributed by atoms with Gasteiger partial charge in [-0.25, -0.2) is 0 Å². The molecule has 0 unspecified atom stereocenters. The van der Waals surface area contributed by atoms with E-state index >= 15 is 0 Å². The van der Waals surface area contributed by atoms with E-state index in [2.05, 4.69) is 0 Å². The summed E-state index contributed by atoms with van der Waals surface area (Å²) < 4.78 is -1.05. The Morgan fingerprint density at radius 1 is 1.64 bits per heavy atom. The van der Waals surface area contributed by atoms with Crippen LogP contribution in [0.3, 0.4) is 0 Å². The van der Waals surface area contributed by atoms with E-state index in [0.717, 1.165) is 0 Å². The molecule has 0 bridgehead atoms. The van der Waals surface area contributed by atoms with Crippen molar-refractivity contribution in [3.05, 3.63) is 0 Å². The van der Waals surface area contributed by atoms with Crippen molar-refractivity contribution in [3.63, 3.8) is 0 Å². The van der Waals surface area contributed by atoms with Crippen LogP contribution in [0.15, 0.2) is 0 Å². The van der Waals surface area contributed by atoms with Crippen molar-refractivity contribution in [2.45, 2.75) is 23.2 Å². The van der Waals surface area contributed by atoms with E-state index in [4.69, 9.17) is 34.0 Å². The largest absolute Gasteiger partial charge is 0.481 e. The van der Waals surface area contributed by atoms with Gasteiger partial charge in [-0.3, -0.25) is 4.79 Å². The van der Waals surface area contributed by atoms with Crippen molar-refractivity contribution in [1.82, 2.24) is 0 Å². The normalized spacial score (nSPS) is 35.5. The number of halogens is 2. The molecule has 0 aromatic heterocycles. The molecule has 0 spiro atoms. The predicted octanol–water partition coefficient (Wildman–Crippen LogP) is 0.982. The maximum absolute atomic E-state index is 10.5. The van der Waals surface area contributed by atoms with Gasteiger partial charge in [0.05, 0.1) is 5.92 Å². The van der Waals surface area contributed by atoms with Crippen molar-refractivity contribution in [2.24, 2.45) is 11.7 Å². The lowest BCUT2D eigenvalue weighted by molar-refractivity contribution is -0.141. The Morgan fingerprint density at radius 3 is 2.36 bits per heavy atom. The fraction of sp³-hybridized carbons (Fsp3) is 0.833. The van der Waals surface area contributed by atoms with E-state index in [9.17, 15) is 4.79 Å². The van der Waals surface area contributed by atoms with Crippen LogP contribution in [-0.4, -0.2) is 21.5 Å². The first kappa shape index (κ1) is 9.10. The van der Waals surface area contributed by atoms with Gasteiger partial charge in [0, 0.05) is 6.04 Å². The Kier molecular flexibility index (Phi) is 2.32. The number of carboxylic acid groups (broad SMARTS) is 1. The maximum Gasteiger partial charge on any atom is 0.306 e. The minimum atomic E-state index is -1.05. The van der Waals surface area contributed by atoms with Gasteiger partial charge in [0.1, 0.15) is 4.33 Å². The molecule has 0 saturated heterocycles. The first-order valence-corrected chi connectivity index (χ1v) is 4.05. The van der Waals surface area contributed by atoms with Crippen molar-refractivity contribution in [1.29, 1.82) is 0 Å². The van der Waals surface area contributed by atoms with Gasteiger partial charge >= 0.3 is 5.97 Å². The second-order valence-electron chi connectivity index (χ2n) is 2.84. The molecule has 11 heavy (non-hydrogen) atoms. The Hall–Kier alpha value is 0.01000. The van der Waals surface area contributed by atoms with Gasteiger partial charge in [-0.2, -0.15) is 0 Å². The van der Waals surface area contributed by atoms with Gasteiger partial charge in [-0.1, -0.05) is 23.2 Å². The molecule has 3 N–H and O–H groups in total. The van der Waals surface area contributed by atoms with Gasteiger partial charge in [0.15, 0.2) is 0 Å². The maximum atomic E-state index is 10.5. The standard InChI is InChI=1S/C6H9Cl2NO2/c7-6(8)2-3(5(10)11)1-4(6)9/h3-4H,1-2,9H2,(H,10,11)/t3-,4+/m1/s1. The van der Waals surface area contributed by atoms with Crippen LogP contribution in [-0.2, 0) is 4.79 Å². The predicted molar refractivity (Wildman–Crippen MR) is 42.8 cm³/mol. The summed E-state index contributed by atoms with van der Waals surface area (Å²) in [6.45, 7) is 0. The van der Waals surface area contributed by atoms with Crippen LogP contribution in [0.5, 0.6) is 0 Å². The highest BCUT2D eigenvalue weighted by atomic mass is 35.5. The number of rotatable bonds is 1. The van der Waals surface area contributed by atoms with E-state index in [1.165, 1.54) is 0 Å². The number of hydrogen-bond acceptors (Lipinski definition) is 2. The summed E-state index contributed by atoms with van der Waals surface area (Å²) >= 11 is 11.5. The van der Waals surface area contributed by atoms with Crippen LogP contribution in [0.1, 0.15) is 12.8 Å². The zero-order valence-corrected chi connectivity index (χ0v) is 7.27. The molecule has 1 aliphatic rings. The number of alkyl halides is 2. The summed E-state index contributed by atoms with van der Waals surface area (Å²) in [4.78, 5) is 10.5. The molecular weight excluding hydrogens is 189 g/mol. The molecule has 0 amide bonds. The first-order chi connectivity index (χ1) is 4.93. The minimum absolute atomic E-state index is 0.243. The second-order valence-corrected chi connectivity index (χ2v) is 4.38. The Balaban J connectivity index is 2.64. The van der Waals surface area contributed by atoms with Gasteiger partial charge in [-0.05, 0) is 12.8 Å². The summed E-state index contributed by atoms with van der Waals surface area (Å²) in [7, 11) is 0. The van der Waals surface area contributed by atoms with Gasteiger partial charge < -0.3 is 10.8 Å².